The van der Waals surface area contributed by atoms with Crippen LogP contribution in [0.15, 0.2) is 0 Å². The third kappa shape index (κ3) is 1.81. The van der Waals surface area contributed by atoms with Gasteiger partial charge in [-0.1, -0.05) is 13.8 Å². The Morgan fingerprint density at radius 2 is 2.06 bits per heavy atom. The molecule has 0 spiro atoms. The van der Waals surface area contributed by atoms with Crippen molar-refractivity contribution < 1.29 is 14.3 Å². The van der Waals surface area contributed by atoms with Crippen molar-refractivity contribution in [2.24, 2.45) is 5.41 Å². The molecule has 0 aromatic heterocycles. The molecule has 0 aliphatic carbocycles. The highest BCUT2D eigenvalue weighted by Crippen LogP contribution is 2.49. The molecule has 1 amide bonds. The Morgan fingerprint density at radius 3 is 2.44 bits per heavy atom. The van der Waals surface area contributed by atoms with Gasteiger partial charge >= 0.3 is 5.97 Å². The van der Waals surface area contributed by atoms with Crippen LogP contribution in [0.5, 0.6) is 0 Å². The van der Waals surface area contributed by atoms with Crippen molar-refractivity contribution in [1.29, 1.82) is 0 Å². The number of hydrogen-bond donors (Lipinski definition) is 0. The molecule has 1 heterocycles. The lowest BCUT2D eigenvalue weighted by molar-refractivity contribution is -0.170. The molecule has 0 N–H and O–H groups in total. The van der Waals surface area contributed by atoms with Gasteiger partial charge < -0.3 is 9.64 Å². The highest BCUT2D eigenvalue weighted by atomic mass is 32.2. The zero-order valence-electron chi connectivity index (χ0n) is 10.3. The first kappa shape index (κ1) is 13.4. The second-order valence-electron chi connectivity index (χ2n) is 3.96. The molecular formula is C11H19NO3S. The number of β-lactam (4-membered cyclic amide) rings is 1. The van der Waals surface area contributed by atoms with Gasteiger partial charge in [0.2, 0.25) is 5.91 Å². The number of rotatable bonds is 5. The molecule has 1 fully saturated rings. The van der Waals surface area contributed by atoms with Crippen molar-refractivity contribution in [2.45, 2.75) is 32.1 Å². The Balaban J connectivity index is 2.77. The number of ether oxygens (including phenoxy) is 1. The van der Waals surface area contributed by atoms with Crippen molar-refractivity contribution in [3.63, 3.8) is 0 Å². The molecule has 0 aromatic rings. The van der Waals surface area contributed by atoms with Gasteiger partial charge in [-0.2, -0.15) is 0 Å². The fraction of sp³-hybridized carbons (Fsp3) is 0.818. The van der Waals surface area contributed by atoms with Crippen molar-refractivity contribution in [3.05, 3.63) is 0 Å². The number of thioether (sulfide) groups is 1. The number of nitrogens with zero attached hydrogens (tertiary/aromatic N) is 1. The molecule has 92 valence electrons. The predicted molar refractivity (Wildman–Crippen MR) is 64.0 cm³/mol. The van der Waals surface area contributed by atoms with Crippen LogP contribution in [0, 0.1) is 5.41 Å². The molecule has 1 unspecified atom stereocenters. The van der Waals surface area contributed by atoms with Crippen LogP contribution in [0.4, 0.5) is 0 Å². The summed E-state index contributed by atoms with van der Waals surface area (Å²) in [4.78, 5) is 24.9. The number of hydrogen-bond acceptors (Lipinski definition) is 4. The van der Waals surface area contributed by atoms with Gasteiger partial charge in [0, 0.05) is 0 Å². The van der Waals surface area contributed by atoms with E-state index in [1.165, 1.54) is 7.11 Å². The van der Waals surface area contributed by atoms with Crippen LogP contribution in [0.3, 0.4) is 0 Å². The Kier molecular flexibility index (Phi) is 4.24. The zero-order chi connectivity index (χ0) is 12.3. The van der Waals surface area contributed by atoms with Crippen LogP contribution in [0.1, 0.15) is 26.7 Å². The molecule has 0 bridgehead atoms. The van der Waals surface area contributed by atoms with Gasteiger partial charge in [0.15, 0.2) is 0 Å². The number of carbonyl (C=O) groups excluding carboxylic acids is 2. The first-order valence-corrected chi connectivity index (χ1v) is 6.76. The smallest absolute Gasteiger partial charge is 0.325 e. The second kappa shape index (κ2) is 5.08. The van der Waals surface area contributed by atoms with E-state index in [-0.39, 0.29) is 29.2 Å². The molecule has 5 heteroatoms. The Bertz CT molecular complexity index is 289. The molecule has 1 atom stereocenters. The van der Waals surface area contributed by atoms with Crippen LogP contribution >= 0.6 is 11.8 Å². The maximum Gasteiger partial charge on any atom is 0.325 e. The van der Waals surface area contributed by atoms with Gasteiger partial charge in [-0.25, -0.2) is 0 Å². The van der Waals surface area contributed by atoms with Crippen molar-refractivity contribution >= 4 is 23.6 Å². The Hall–Kier alpha value is -0.710. The SMILES string of the molecule is CCC1(CC)C(=O)N(CC(=O)OC)C1SC. The highest BCUT2D eigenvalue weighted by molar-refractivity contribution is 7.99. The number of methoxy groups -OCH3 is 1. The lowest BCUT2D eigenvalue weighted by atomic mass is 9.73. The summed E-state index contributed by atoms with van der Waals surface area (Å²) in [6, 6.07) is 0. The van der Waals surface area contributed by atoms with Crippen LogP contribution in [-0.4, -0.2) is 42.1 Å². The number of amides is 1. The molecular weight excluding hydrogens is 226 g/mol. The van der Waals surface area contributed by atoms with E-state index in [4.69, 9.17) is 0 Å². The lowest BCUT2D eigenvalue weighted by Crippen LogP contribution is -2.67. The summed E-state index contributed by atoms with van der Waals surface area (Å²) in [6.07, 6.45) is 3.62. The second-order valence-corrected chi connectivity index (χ2v) is 4.88. The van der Waals surface area contributed by atoms with E-state index in [1.54, 1.807) is 16.7 Å². The largest absolute Gasteiger partial charge is 0.468 e. The Morgan fingerprint density at radius 1 is 1.50 bits per heavy atom. The fourth-order valence-electron chi connectivity index (χ4n) is 2.34. The van der Waals surface area contributed by atoms with Crippen molar-refractivity contribution in [2.75, 3.05) is 19.9 Å². The summed E-state index contributed by atoms with van der Waals surface area (Å²) in [5.41, 5.74) is -0.270. The minimum absolute atomic E-state index is 0.0720. The quantitative estimate of drug-likeness (QED) is 0.544. The van der Waals surface area contributed by atoms with Gasteiger partial charge in [-0.3, -0.25) is 9.59 Å². The van der Waals surface area contributed by atoms with Gasteiger partial charge in [-0.05, 0) is 19.1 Å². The monoisotopic (exact) mass is 245 g/mol. The van der Waals surface area contributed by atoms with Crippen LogP contribution in [-0.2, 0) is 14.3 Å². The van der Waals surface area contributed by atoms with Gasteiger partial charge in [0.1, 0.15) is 6.54 Å². The van der Waals surface area contributed by atoms with Crippen LogP contribution in [0.25, 0.3) is 0 Å². The van der Waals surface area contributed by atoms with E-state index < -0.39 is 0 Å². The minimum Gasteiger partial charge on any atom is -0.468 e. The average Bonchev–Trinajstić information content (AvgIpc) is 2.32. The van der Waals surface area contributed by atoms with E-state index in [9.17, 15) is 9.59 Å². The summed E-state index contributed by atoms with van der Waals surface area (Å²) >= 11 is 1.63. The Labute approximate surface area is 101 Å². The first-order valence-electron chi connectivity index (χ1n) is 5.48. The molecule has 1 aliphatic rings. The molecule has 1 aliphatic heterocycles. The van der Waals surface area contributed by atoms with Gasteiger partial charge in [-0.15, -0.1) is 11.8 Å². The number of likely N-dealkylation sites (tertiary alicyclic amines) is 1. The van der Waals surface area contributed by atoms with E-state index >= 15 is 0 Å². The average molecular weight is 245 g/mol. The van der Waals surface area contributed by atoms with E-state index in [1.807, 2.05) is 20.1 Å². The summed E-state index contributed by atoms with van der Waals surface area (Å²) in [5.74, 6) is -0.268. The van der Waals surface area contributed by atoms with Crippen molar-refractivity contribution in [1.82, 2.24) is 4.90 Å². The van der Waals surface area contributed by atoms with Gasteiger partial charge in [0.25, 0.3) is 0 Å². The lowest BCUT2D eigenvalue weighted by Gasteiger charge is -2.54. The minimum atomic E-state index is -0.354. The van der Waals surface area contributed by atoms with E-state index in [0.717, 1.165) is 12.8 Å². The number of esters is 1. The molecule has 4 nitrogen and oxygen atoms in total. The van der Waals surface area contributed by atoms with E-state index in [0.29, 0.717) is 0 Å². The fourth-order valence-corrected chi connectivity index (χ4v) is 3.65. The molecule has 1 rings (SSSR count). The molecule has 0 radical (unpaired) electrons. The molecule has 0 aromatic carbocycles. The van der Waals surface area contributed by atoms with Crippen molar-refractivity contribution in [3.8, 4) is 0 Å². The van der Waals surface area contributed by atoms with Crippen LogP contribution in [0.2, 0.25) is 0 Å². The predicted octanol–water partition coefficient (Wildman–Crippen LogP) is 1.50. The maximum absolute atomic E-state index is 12.1. The summed E-state index contributed by atoms with van der Waals surface area (Å²) in [6.45, 7) is 4.13. The summed E-state index contributed by atoms with van der Waals surface area (Å²) in [7, 11) is 1.34. The summed E-state index contributed by atoms with van der Waals surface area (Å²) < 4.78 is 4.59. The third-order valence-electron chi connectivity index (χ3n) is 3.45. The van der Waals surface area contributed by atoms with E-state index in [2.05, 4.69) is 4.74 Å². The molecule has 16 heavy (non-hydrogen) atoms. The van der Waals surface area contributed by atoms with Crippen LogP contribution < -0.4 is 0 Å². The molecule has 0 saturated carbocycles. The first-order chi connectivity index (χ1) is 7.57. The normalized spacial score (nSPS) is 22.9. The highest BCUT2D eigenvalue weighted by Gasteiger charge is 2.58. The topological polar surface area (TPSA) is 46.6 Å². The maximum atomic E-state index is 12.1. The van der Waals surface area contributed by atoms with Gasteiger partial charge in [0.05, 0.1) is 17.9 Å². The third-order valence-corrected chi connectivity index (χ3v) is 4.61. The summed E-state index contributed by atoms with van der Waals surface area (Å²) in [5, 5.41) is 0.106. The zero-order valence-corrected chi connectivity index (χ0v) is 11.1. The number of carbonyl (C=O) groups is 2. The molecule has 1 saturated heterocycles. The standard InChI is InChI=1S/C11H19NO3S/c1-5-11(6-2)9(14)12(10(11)16-4)7-8(13)15-3/h10H,5-7H2,1-4H3.